The minimum atomic E-state index is -0.386. The van der Waals surface area contributed by atoms with Crippen LogP contribution in [0.5, 0.6) is 17.2 Å². The third-order valence-corrected chi connectivity index (χ3v) is 6.92. The number of ketones is 1. The number of hydrogen-bond acceptors (Lipinski definition) is 6. The van der Waals surface area contributed by atoms with Gasteiger partial charge in [-0.1, -0.05) is 29.8 Å². The average molecular weight is 558 g/mol. The van der Waals surface area contributed by atoms with Crippen molar-refractivity contribution in [1.29, 1.82) is 0 Å². The molecule has 0 spiro atoms. The van der Waals surface area contributed by atoms with E-state index in [1.54, 1.807) is 69.4 Å². The van der Waals surface area contributed by atoms with Crippen LogP contribution in [0.3, 0.4) is 0 Å². The summed E-state index contributed by atoms with van der Waals surface area (Å²) in [6.45, 7) is 5.21. The van der Waals surface area contributed by atoms with Gasteiger partial charge in [0.25, 0.3) is 0 Å². The molecule has 0 saturated carbocycles. The van der Waals surface area contributed by atoms with Crippen molar-refractivity contribution >= 4 is 28.4 Å². The molecule has 3 heterocycles. The number of H-pyrrole nitrogens is 1. The number of benzene rings is 2. The molecule has 7 nitrogen and oxygen atoms in total. The molecule has 0 amide bonds. The van der Waals surface area contributed by atoms with Crippen molar-refractivity contribution in [3.8, 4) is 28.4 Å². The molecule has 0 saturated heterocycles. The number of aromatic amines is 1. The highest BCUT2D eigenvalue weighted by Gasteiger charge is 2.21. The molecule has 202 valence electrons. The van der Waals surface area contributed by atoms with Crippen LogP contribution in [0.15, 0.2) is 65.6 Å². The number of methoxy groups -OCH3 is 1. The van der Waals surface area contributed by atoms with Crippen LogP contribution < -0.4 is 14.9 Å². The Morgan fingerprint density at radius 1 is 1.00 bits per heavy atom. The van der Waals surface area contributed by atoms with Gasteiger partial charge in [0.1, 0.15) is 17.1 Å². The minimum absolute atomic E-state index is 0.0181. The molecule has 0 fully saturated rings. The monoisotopic (exact) mass is 557 g/mol. The van der Waals surface area contributed by atoms with E-state index in [9.17, 15) is 14.0 Å². The number of ether oxygens (including phenoxy) is 2. The van der Waals surface area contributed by atoms with Crippen LogP contribution in [-0.2, 0) is 6.42 Å². The van der Waals surface area contributed by atoms with Gasteiger partial charge in [-0.2, -0.15) is 0 Å². The van der Waals surface area contributed by atoms with Crippen molar-refractivity contribution < 1.29 is 18.7 Å². The Morgan fingerprint density at radius 3 is 2.45 bits per heavy atom. The van der Waals surface area contributed by atoms with Gasteiger partial charge in [-0.3, -0.25) is 14.6 Å². The van der Waals surface area contributed by atoms with Crippen LogP contribution in [0.1, 0.15) is 32.9 Å². The van der Waals surface area contributed by atoms with Crippen molar-refractivity contribution in [2.75, 3.05) is 7.11 Å². The molecule has 5 rings (SSSR count). The fourth-order valence-corrected chi connectivity index (χ4v) is 4.96. The van der Waals surface area contributed by atoms with Gasteiger partial charge in [-0.15, -0.1) is 0 Å². The second kappa shape index (κ2) is 10.9. The molecule has 3 aromatic heterocycles. The third-order valence-electron chi connectivity index (χ3n) is 6.65. The molecule has 0 radical (unpaired) electrons. The van der Waals surface area contributed by atoms with Crippen LogP contribution in [0.2, 0.25) is 5.15 Å². The fourth-order valence-electron chi connectivity index (χ4n) is 4.75. The highest BCUT2D eigenvalue weighted by atomic mass is 35.5. The Morgan fingerprint density at radius 2 is 1.75 bits per heavy atom. The molecule has 0 atom stereocenters. The van der Waals surface area contributed by atoms with Gasteiger partial charge in [0, 0.05) is 41.7 Å². The SMILES string of the molecule is COc1cc2nccc(Oc3ccc(CC(=O)c4c(C)[nH]c(C)c(-c5ccc(F)cc5C)c4=O)cc3)c2nc1Cl. The van der Waals surface area contributed by atoms with E-state index in [1.165, 1.54) is 19.2 Å². The zero-order valence-electron chi connectivity index (χ0n) is 22.3. The highest BCUT2D eigenvalue weighted by molar-refractivity contribution is 6.31. The van der Waals surface area contributed by atoms with Crippen molar-refractivity contribution in [2.24, 2.45) is 0 Å². The minimum Gasteiger partial charge on any atom is -0.493 e. The largest absolute Gasteiger partial charge is 0.493 e. The third kappa shape index (κ3) is 5.18. The number of nitrogens with one attached hydrogen (secondary N) is 1. The van der Waals surface area contributed by atoms with Gasteiger partial charge < -0.3 is 14.5 Å². The van der Waals surface area contributed by atoms with Crippen LogP contribution >= 0.6 is 11.6 Å². The number of fused-ring (bicyclic) bond motifs is 1. The van der Waals surface area contributed by atoms with Crippen molar-refractivity contribution in [3.63, 3.8) is 0 Å². The van der Waals surface area contributed by atoms with Crippen molar-refractivity contribution in [1.82, 2.24) is 15.0 Å². The van der Waals surface area contributed by atoms with Gasteiger partial charge in [0.05, 0.1) is 18.2 Å². The Bertz CT molecular complexity index is 1830. The van der Waals surface area contributed by atoms with E-state index in [0.717, 1.165) is 0 Å². The molecule has 0 aliphatic heterocycles. The molecule has 40 heavy (non-hydrogen) atoms. The molecular weight excluding hydrogens is 533 g/mol. The predicted molar refractivity (Wildman–Crippen MR) is 152 cm³/mol. The van der Waals surface area contributed by atoms with E-state index in [1.807, 2.05) is 0 Å². The van der Waals surface area contributed by atoms with E-state index in [-0.39, 0.29) is 34.2 Å². The fraction of sp³-hybridized carbons (Fsp3) is 0.161. The summed E-state index contributed by atoms with van der Waals surface area (Å²) < 4.78 is 24.9. The number of carbonyl (C=O) groups excluding carboxylic acids is 1. The first kappa shape index (κ1) is 27.0. The molecular formula is C31H25ClFN3O4. The van der Waals surface area contributed by atoms with E-state index >= 15 is 0 Å². The number of aromatic nitrogens is 3. The Labute approximate surface area is 234 Å². The number of nitrogens with zero attached hydrogens (tertiary/aromatic N) is 2. The number of rotatable bonds is 7. The van der Waals surface area contributed by atoms with Gasteiger partial charge >= 0.3 is 0 Å². The van der Waals surface area contributed by atoms with Gasteiger partial charge in [-0.05, 0) is 61.7 Å². The van der Waals surface area contributed by atoms with Crippen LogP contribution in [0.25, 0.3) is 22.2 Å². The maximum atomic E-state index is 13.7. The molecule has 0 bridgehead atoms. The molecule has 2 aromatic carbocycles. The summed E-state index contributed by atoms with van der Waals surface area (Å²) in [6, 6.07) is 14.6. The van der Waals surface area contributed by atoms with Gasteiger partial charge in [-0.25, -0.2) is 9.37 Å². The zero-order valence-corrected chi connectivity index (χ0v) is 23.0. The van der Waals surface area contributed by atoms with E-state index in [4.69, 9.17) is 21.1 Å². The lowest BCUT2D eigenvalue weighted by molar-refractivity contribution is 0.0991. The van der Waals surface area contributed by atoms with Crippen molar-refractivity contribution in [3.05, 3.63) is 110 Å². The Balaban J connectivity index is 1.40. The summed E-state index contributed by atoms with van der Waals surface area (Å²) in [6.07, 6.45) is 1.62. The zero-order chi connectivity index (χ0) is 28.6. The molecule has 5 aromatic rings. The Hall–Kier alpha value is -4.56. The number of hydrogen-bond donors (Lipinski definition) is 1. The molecule has 9 heteroatoms. The predicted octanol–water partition coefficient (Wildman–Crippen LogP) is 6.93. The molecule has 0 aliphatic carbocycles. The number of pyridine rings is 3. The van der Waals surface area contributed by atoms with E-state index < -0.39 is 0 Å². The standard InChI is InChI=1S/C31H25ClFN3O4/c1-16-13-20(33)7-10-22(16)27-17(2)35-18(3)28(30(27)38)24(37)14-19-5-8-21(9-6-19)40-25-11-12-34-23-15-26(39-4)31(32)36-29(23)25/h5-13,15H,14H2,1-4H3,(H,35,38). The quantitative estimate of drug-likeness (QED) is 0.172. The van der Waals surface area contributed by atoms with Crippen LogP contribution in [0, 0.1) is 26.6 Å². The molecule has 0 aliphatic rings. The second-order valence-corrected chi connectivity index (χ2v) is 9.78. The molecule has 0 unspecified atom stereocenters. The first-order valence-corrected chi connectivity index (χ1v) is 12.8. The number of halogens is 2. The summed E-state index contributed by atoms with van der Waals surface area (Å²) >= 11 is 6.20. The lowest BCUT2D eigenvalue weighted by atomic mass is 9.93. The van der Waals surface area contributed by atoms with Gasteiger partial charge in [0.15, 0.2) is 22.4 Å². The lowest BCUT2D eigenvalue weighted by Crippen LogP contribution is -2.23. The average Bonchev–Trinajstić information content (AvgIpc) is 2.90. The first-order chi connectivity index (χ1) is 19.2. The van der Waals surface area contributed by atoms with Crippen LogP contribution in [-0.4, -0.2) is 27.8 Å². The topological polar surface area (TPSA) is 94.2 Å². The summed E-state index contributed by atoms with van der Waals surface area (Å²) in [5.74, 6) is 0.694. The summed E-state index contributed by atoms with van der Waals surface area (Å²) in [5.41, 5.74) is 4.15. The van der Waals surface area contributed by atoms with Crippen LogP contribution in [0.4, 0.5) is 4.39 Å². The second-order valence-electron chi connectivity index (χ2n) is 9.42. The van der Waals surface area contributed by atoms with Gasteiger partial charge in [0.2, 0.25) is 5.43 Å². The van der Waals surface area contributed by atoms with Crippen molar-refractivity contribution in [2.45, 2.75) is 27.2 Å². The maximum Gasteiger partial charge on any atom is 0.200 e. The number of carbonyl (C=O) groups is 1. The molecule has 1 N–H and O–H groups in total. The summed E-state index contributed by atoms with van der Waals surface area (Å²) in [4.78, 5) is 38.7. The van der Waals surface area contributed by atoms with E-state index in [0.29, 0.717) is 61.9 Å². The highest BCUT2D eigenvalue weighted by Crippen LogP contribution is 2.33. The maximum absolute atomic E-state index is 13.7. The number of Topliss-reactive ketones (excluding diaryl/α,β-unsaturated/α-hetero) is 1. The summed E-state index contributed by atoms with van der Waals surface area (Å²) in [5, 5.41) is 0.195. The summed E-state index contributed by atoms with van der Waals surface area (Å²) in [7, 11) is 1.50. The first-order valence-electron chi connectivity index (χ1n) is 12.5. The smallest absolute Gasteiger partial charge is 0.200 e. The number of aryl methyl sites for hydroxylation is 3. The van der Waals surface area contributed by atoms with E-state index in [2.05, 4.69) is 15.0 Å². The normalized spacial score (nSPS) is 11.1. The lowest BCUT2D eigenvalue weighted by Gasteiger charge is -2.14. The Kier molecular flexibility index (Phi) is 7.36.